The van der Waals surface area contributed by atoms with E-state index in [1.165, 1.54) is 0 Å². The molecule has 1 aromatic heterocycles. The van der Waals surface area contributed by atoms with Crippen molar-refractivity contribution in [3.05, 3.63) is 65.0 Å². The summed E-state index contributed by atoms with van der Waals surface area (Å²) >= 11 is 0. The van der Waals surface area contributed by atoms with Gasteiger partial charge in [0.1, 0.15) is 17.3 Å². The molecule has 5 heteroatoms. The number of H-pyrrole nitrogens is 1. The summed E-state index contributed by atoms with van der Waals surface area (Å²) in [5.41, 5.74) is 1.20. The summed E-state index contributed by atoms with van der Waals surface area (Å²) in [4.78, 5) is 20.0. The molecule has 4 rings (SSSR count). The highest BCUT2D eigenvalue weighted by atomic mass is 16.5. The molecular formula is C20H16N2O3. The average molecular weight is 332 g/mol. The molecule has 0 saturated heterocycles. The summed E-state index contributed by atoms with van der Waals surface area (Å²) in [6.07, 6.45) is 0. The van der Waals surface area contributed by atoms with Gasteiger partial charge < -0.3 is 14.5 Å². The van der Waals surface area contributed by atoms with Gasteiger partial charge in [-0.2, -0.15) is 0 Å². The van der Waals surface area contributed by atoms with E-state index in [4.69, 9.17) is 9.47 Å². The van der Waals surface area contributed by atoms with Gasteiger partial charge in [0.05, 0.1) is 30.7 Å². The first kappa shape index (κ1) is 15.2. The molecule has 4 aromatic rings. The number of methoxy groups -OCH3 is 2. The van der Waals surface area contributed by atoms with Crippen molar-refractivity contribution in [2.24, 2.45) is 0 Å². The van der Waals surface area contributed by atoms with Gasteiger partial charge >= 0.3 is 0 Å². The Morgan fingerprint density at radius 2 is 1.72 bits per heavy atom. The number of rotatable bonds is 3. The maximum atomic E-state index is 12.5. The van der Waals surface area contributed by atoms with Gasteiger partial charge in [-0.05, 0) is 35.7 Å². The van der Waals surface area contributed by atoms with Crippen LogP contribution >= 0.6 is 0 Å². The zero-order chi connectivity index (χ0) is 17.4. The van der Waals surface area contributed by atoms with Gasteiger partial charge in [0.15, 0.2) is 0 Å². The van der Waals surface area contributed by atoms with E-state index < -0.39 is 0 Å². The van der Waals surface area contributed by atoms with Crippen molar-refractivity contribution < 1.29 is 9.47 Å². The molecule has 0 fully saturated rings. The molecule has 5 nitrogen and oxygen atoms in total. The number of para-hydroxylation sites is 1. The molecule has 1 heterocycles. The molecule has 0 unspecified atom stereocenters. The standard InChI is InChI=1S/C20H16N2O3/c1-24-13-9-7-12-8-10-17(25-2)18(15(12)11-13)19-21-16-6-4-3-5-14(16)20(23)22-19/h3-11H,1-2H3,(H,21,22,23). The fraction of sp³-hybridized carbons (Fsp3) is 0.100. The Kier molecular flexibility index (Phi) is 3.61. The smallest absolute Gasteiger partial charge is 0.259 e. The molecule has 0 saturated carbocycles. The molecule has 0 aliphatic heterocycles. The summed E-state index contributed by atoms with van der Waals surface area (Å²) in [5.74, 6) is 1.84. The third-order valence-corrected chi connectivity index (χ3v) is 4.26. The van der Waals surface area contributed by atoms with Gasteiger partial charge in [-0.25, -0.2) is 4.98 Å². The predicted molar refractivity (Wildman–Crippen MR) is 98.4 cm³/mol. The number of ether oxygens (including phenoxy) is 2. The summed E-state index contributed by atoms with van der Waals surface area (Å²) < 4.78 is 10.9. The number of aromatic amines is 1. The topological polar surface area (TPSA) is 64.2 Å². The third-order valence-electron chi connectivity index (χ3n) is 4.26. The van der Waals surface area contributed by atoms with Crippen molar-refractivity contribution in [3.63, 3.8) is 0 Å². The summed E-state index contributed by atoms with van der Waals surface area (Å²) in [5, 5.41) is 2.47. The van der Waals surface area contributed by atoms with Crippen molar-refractivity contribution in [2.45, 2.75) is 0 Å². The Labute approximate surface area is 143 Å². The highest BCUT2D eigenvalue weighted by Gasteiger charge is 2.15. The molecule has 0 radical (unpaired) electrons. The van der Waals surface area contributed by atoms with Crippen molar-refractivity contribution in [1.82, 2.24) is 9.97 Å². The van der Waals surface area contributed by atoms with E-state index >= 15 is 0 Å². The van der Waals surface area contributed by atoms with Gasteiger partial charge in [0.2, 0.25) is 0 Å². The Hall–Kier alpha value is -3.34. The van der Waals surface area contributed by atoms with Crippen LogP contribution in [0.3, 0.4) is 0 Å². The first-order valence-electron chi connectivity index (χ1n) is 7.85. The summed E-state index contributed by atoms with van der Waals surface area (Å²) in [7, 11) is 3.22. The zero-order valence-corrected chi connectivity index (χ0v) is 13.9. The Bertz CT molecular complexity index is 1140. The molecule has 0 amide bonds. The lowest BCUT2D eigenvalue weighted by Gasteiger charge is -2.13. The average Bonchev–Trinajstić information content (AvgIpc) is 2.66. The van der Waals surface area contributed by atoms with Crippen LogP contribution in [0.4, 0.5) is 0 Å². The lowest BCUT2D eigenvalue weighted by atomic mass is 10.0. The molecular weight excluding hydrogens is 316 g/mol. The van der Waals surface area contributed by atoms with Crippen molar-refractivity contribution >= 4 is 21.7 Å². The first-order chi connectivity index (χ1) is 12.2. The maximum absolute atomic E-state index is 12.5. The number of hydrogen-bond acceptors (Lipinski definition) is 4. The van der Waals surface area contributed by atoms with Crippen LogP contribution in [0, 0.1) is 0 Å². The third kappa shape index (κ3) is 2.50. The van der Waals surface area contributed by atoms with Gasteiger partial charge in [-0.3, -0.25) is 4.79 Å². The molecule has 124 valence electrons. The van der Waals surface area contributed by atoms with Crippen molar-refractivity contribution in [2.75, 3.05) is 14.2 Å². The molecule has 0 spiro atoms. The number of nitrogens with zero attached hydrogens (tertiary/aromatic N) is 1. The number of benzene rings is 3. The lowest BCUT2D eigenvalue weighted by Crippen LogP contribution is -2.10. The predicted octanol–water partition coefficient (Wildman–Crippen LogP) is 3.76. The molecule has 0 aliphatic carbocycles. The minimum Gasteiger partial charge on any atom is -0.497 e. The zero-order valence-electron chi connectivity index (χ0n) is 13.9. The van der Waals surface area contributed by atoms with Crippen LogP contribution in [-0.4, -0.2) is 24.2 Å². The van der Waals surface area contributed by atoms with Gasteiger partial charge in [-0.15, -0.1) is 0 Å². The van der Waals surface area contributed by atoms with E-state index in [9.17, 15) is 4.79 Å². The molecule has 0 atom stereocenters. The number of fused-ring (bicyclic) bond motifs is 2. The Morgan fingerprint density at radius 1 is 0.920 bits per heavy atom. The first-order valence-corrected chi connectivity index (χ1v) is 7.85. The van der Waals surface area contributed by atoms with Crippen LogP contribution in [0.25, 0.3) is 33.1 Å². The van der Waals surface area contributed by atoms with Crippen LogP contribution in [0.2, 0.25) is 0 Å². The van der Waals surface area contributed by atoms with Gasteiger partial charge in [0, 0.05) is 5.39 Å². The van der Waals surface area contributed by atoms with Crippen LogP contribution < -0.4 is 15.0 Å². The second-order valence-electron chi connectivity index (χ2n) is 5.66. The van der Waals surface area contributed by atoms with Crippen LogP contribution in [0.15, 0.2) is 59.4 Å². The molecule has 0 bridgehead atoms. The minimum absolute atomic E-state index is 0.178. The van der Waals surface area contributed by atoms with E-state index in [1.807, 2.05) is 48.5 Å². The summed E-state index contributed by atoms with van der Waals surface area (Å²) in [6.45, 7) is 0. The van der Waals surface area contributed by atoms with Crippen LogP contribution in [0.1, 0.15) is 0 Å². The van der Waals surface area contributed by atoms with E-state index in [-0.39, 0.29) is 5.56 Å². The molecule has 3 aromatic carbocycles. The number of aromatic nitrogens is 2. The van der Waals surface area contributed by atoms with E-state index in [0.29, 0.717) is 22.5 Å². The van der Waals surface area contributed by atoms with Gasteiger partial charge in [-0.1, -0.05) is 24.3 Å². The highest BCUT2D eigenvalue weighted by Crippen LogP contribution is 2.36. The second kappa shape index (κ2) is 5.94. The van der Waals surface area contributed by atoms with Crippen molar-refractivity contribution in [1.29, 1.82) is 0 Å². The fourth-order valence-electron chi connectivity index (χ4n) is 3.02. The lowest BCUT2D eigenvalue weighted by molar-refractivity contribution is 0.414. The summed E-state index contributed by atoms with van der Waals surface area (Å²) in [6, 6.07) is 16.9. The maximum Gasteiger partial charge on any atom is 0.259 e. The highest BCUT2D eigenvalue weighted by molar-refractivity contribution is 5.99. The quantitative estimate of drug-likeness (QED) is 0.620. The van der Waals surface area contributed by atoms with Gasteiger partial charge in [0.25, 0.3) is 5.56 Å². The minimum atomic E-state index is -0.178. The van der Waals surface area contributed by atoms with Crippen LogP contribution in [0.5, 0.6) is 11.5 Å². The monoisotopic (exact) mass is 332 g/mol. The number of nitrogens with one attached hydrogen (secondary N) is 1. The Balaban J connectivity index is 2.10. The van der Waals surface area contributed by atoms with E-state index in [2.05, 4.69) is 9.97 Å². The van der Waals surface area contributed by atoms with Crippen molar-refractivity contribution in [3.8, 4) is 22.9 Å². The molecule has 0 aliphatic rings. The molecule has 1 N–H and O–H groups in total. The van der Waals surface area contributed by atoms with E-state index in [1.54, 1.807) is 20.3 Å². The van der Waals surface area contributed by atoms with Crippen LogP contribution in [-0.2, 0) is 0 Å². The molecule has 25 heavy (non-hydrogen) atoms. The number of hydrogen-bond donors (Lipinski definition) is 1. The van der Waals surface area contributed by atoms with E-state index in [0.717, 1.165) is 22.1 Å². The SMILES string of the molecule is COc1ccc2ccc(OC)c(-c3nc4ccccc4c(=O)[nH]3)c2c1. The fourth-order valence-corrected chi connectivity index (χ4v) is 3.02. The second-order valence-corrected chi connectivity index (χ2v) is 5.66. The normalized spacial score (nSPS) is 11.0. The Morgan fingerprint density at radius 3 is 2.52 bits per heavy atom. The largest absolute Gasteiger partial charge is 0.497 e.